The van der Waals surface area contributed by atoms with Gasteiger partial charge in [0.1, 0.15) is 18.3 Å². The average Bonchev–Trinajstić information content (AvgIpc) is 3.21. The number of benzene rings is 2. The highest BCUT2D eigenvalue weighted by Gasteiger charge is 2.60. The predicted molar refractivity (Wildman–Crippen MR) is 114 cm³/mol. The lowest BCUT2D eigenvalue weighted by Crippen LogP contribution is -2.44. The average molecular weight is 479 g/mol. The van der Waals surface area contributed by atoms with E-state index in [4.69, 9.17) is 18.9 Å². The van der Waals surface area contributed by atoms with E-state index in [1.807, 2.05) is 60.7 Å². The Labute approximate surface area is 184 Å². The Bertz CT molecular complexity index is 735. The first kappa shape index (κ1) is 21.9. The minimum Gasteiger partial charge on any atom is -0.389 e. The summed E-state index contributed by atoms with van der Waals surface area (Å²) in [4.78, 5) is -0.303. The summed E-state index contributed by atoms with van der Waals surface area (Å²) >= 11 is 3.40. The second-order valence-corrected chi connectivity index (χ2v) is 8.96. The summed E-state index contributed by atoms with van der Waals surface area (Å²) in [7, 11) is 0. The van der Waals surface area contributed by atoms with Crippen LogP contribution in [-0.4, -0.2) is 58.5 Å². The van der Waals surface area contributed by atoms with Gasteiger partial charge >= 0.3 is 0 Å². The molecule has 6 atom stereocenters. The number of hydrogen-bond donors (Lipinski definition) is 2. The third-order valence-electron chi connectivity index (χ3n) is 5.53. The van der Waals surface area contributed by atoms with E-state index in [0.29, 0.717) is 32.8 Å². The number of aliphatic hydroxyl groups excluding tert-OH is 2. The molecule has 1 spiro atoms. The molecular formula is C23H27BrO6. The van der Waals surface area contributed by atoms with E-state index in [0.717, 1.165) is 11.1 Å². The van der Waals surface area contributed by atoms with Crippen molar-refractivity contribution in [1.82, 2.24) is 0 Å². The van der Waals surface area contributed by atoms with Crippen molar-refractivity contribution < 1.29 is 29.2 Å². The Morgan fingerprint density at radius 1 is 0.833 bits per heavy atom. The molecule has 1 heterocycles. The summed E-state index contributed by atoms with van der Waals surface area (Å²) in [5.41, 5.74) is 2.14. The smallest absolute Gasteiger partial charge is 0.199 e. The fourth-order valence-electron chi connectivity index (χ4n) is 3.92. The van der Waals surface area contributed by atoms with Crippen LogP contribution in [0.5, 0.6) is 0 Å². The first-order chi connectivity index (χ1) is 14.6. The fraction of sp³-hybridized carbons (Fsp3) is 0.478. The van der Waals surface area contributed by atoms with Crippen LogP contribution in [0, 0.1) is 0 Å². The standard InChI is InChI=1S/C23H27BrO6/c24-18-11-23(22(26)21(18)25)29-19(14-27-12-16-7-3-1-4-8-16)20(30-23)15-28-13-17-9-5-2-6-10-17/h1-10,18-22,25-26H,11-15H2/t18-,19-,20?,21?,22?,23?/m1/s1. The first-order valence-electron chi connectivity index (χ1n) is 10.2. The van der Waals surface area contributed by atoms with Crippen LogP contribution in [0.1, 0.15) is 17.5 Å². The van der Waals surface area contributed by atoms with Gasteiger partial charge in [0.2, 0.25) is 0 Å². The van der Waals surface area contributed by atoms with Crippen LogP contribution in [0.25, 0.3) is 0 Å². The van der Waals surface area contributed by atoms with E-state index < -0.39 is 30.2 Å². The van der Waals surface area contributed by atoms with Gasteiger partial charge in [-0.2, -0.15) is 0 Å². The van der Waals surface area contributed by atoms with Gasteiger partial charge in [-0.15, -0.1) is 0 Å². The molecule has 1 saturated heterocycles. The number of ether oxygens (including phenoxy) is 4. The van der Waals surface area contributed by atoms with Gasteiger partial charge in [-0.05, 0) is 11.1 Å². The Hall–Kier alpha value is -1.32. The van der Waals surface area contributed by atoms with Gasteiger partial charge in [0.15, 0.2) is 5.79 Å². The highest BCUT2D eigenvalue weighted by atomic mass is 79.9. The van der Waals surface area contributed by atoms with Gasteiger partial charge in [0.25, 0.3) is 0 Å². The highest BCUT2D eigenvalue weighted by molar-refractivity contribution is 9.09. The Kier molecular flexibility index (Phi) is 7.20. The Morgan fingerprint density at radius 2 is 1.30 bits per heavy atom. The summed E-state index contributed by atoms with van der Waals surface area (Å²) in [6, 6.07) is 19.8. The predicted octanol–water partition coefficient (Wildman–Crippen LogP) is 2.79. The van der Waals surface area contributed by atoms with Gasteiger partial charge in [0, 0.05) is 11.2 Å². The monoisotopic (exact) mass is 478 g/mol. The molecule has 2 fully saturated rings. The van der Waals surface area contributed by atoms with Gasteiger partial charge < -0.3 is 29.2 Å². The summed E-state index contributed by atoms with van der Waals surface area (Å²) < 4.78 is 24.0. The van der Waals surface area contributed by atoms with Gasteiger partial charge in [0.05, 0.1) is 32.5 Å². The minimum absolute atomic E-state index is 0.297. The molecule has 1 saturated carbocycles. The molecule has 7 heteroatoms. The van der Waals surface area contributed by atoms with E-state index >= 15 is 0 Å². The van der Waals surface area contributed by atoms with Gasteiger partial charge in [-0.1, -0.05) is 76.6 Å². The normalized spacial score (nSPS) is 33.4. The summed E-state index contributed by atoms with van der Waals surface area (Å²) in [6.07, 6.45) is -2.58. The molecule has 4 rings (SSSR count). The van der Waals surface area contributed by atoms with Crippen LogP contribution in [0.4, 0.5) is 0 Å². The number of rotatable bonds is 8. The molecule has 4 unspecified atom stereocenters. The molecule has 0 radical (unpaired) electrons. The largest absolute Gasteiger partial charge is 0.389 e. The molecule has 1 aliphatic carbocycles. The zero-order chi connectivity index (χ0) is 21.0. The molecule has 0 aromatic heterocycles. The maximum atomic E-state index is 10.5. The van der Waals surface area contributed by atoms with Crippen LogP contribution >= 0.6 is 15.9 Å². The molecule has 2 aromatic carbocycles. The number of hydrogen-bond acceptors (Lipinski definition) is 6. The van der Waals surface area contributed by atoms with Gasteiger partial charge in [-0.25, -0.2) is 0 Å². The zero-order valence-electron chi connectivity index (χ0n) is 16.6. The fourth-order valence-corrected chi connectivity index (χ4v) is 4.66. The molecule has 30 heavy (non-hydrogen) atoms. The third kappa shape index (κ3) is 4.94. The molecule has 0 bridgehead atoms. The summed E-state index contributed by atoms with van der Waals surface area (Å²) in [5.74, 6) is -1.25. The summed E-state index contributed by atoms with van der Waals surface area (Å²) in [6.45, 7) is 1.51. The van der Waals surface area contributed by atoms with E-state index in [9.17, 15) is 10.2 Å². The van der Waals surface area contributed by atoms with Crippen molar-refractivity contribution in [3.8, 4) is 0 Å². The Balaban J connectivity index is 1.38. The second kappa shape index (κ2) is 9.87. The lowest BCUT2D eigenvalue weighted by atomic mass is 10.2. The van der Waals surface area contributed by atoms with Crippen molar-refractivity contribution >= 4 is 15.9 Å². The van der Waals surface area contributed by atoms with E-state index in [-0.39, 0.29) is 4.83 Å². The van der Waals surface area contributed by atoms with E-state index in [2.05, 4.69) is 15.9 Å². The second-order valence-electron chi connectivity index (χ2n) is 7.78. The van der Waals surface area contributed by atoms with E-state index in [1.165, 1.54) is 0 Å². The SMILES string of the molecule is OC1C(O)C2(C[C@H]1Br)OC(COCc1ccccc1)[C@@H](COCc1ccccc1)O2. The minimum atomic E-state index is -1.25. The van der Waals surface area contributed by atoms with Crippen LogP contribution in [0.3, 0.4) is 0 Å². The lowest BCUT2D eigenvalue weighted by molar-refractivity contribution is -0.234. The van der Waals surface area contributed by atoms with E-state index in [1.54, 1.807) is 0 Å². The van der Waals surface area contributed by atoms with Gasteiger partial charge in [-0.3, -0.25) is 0 Å². The molecule has 2 aromatic rings. The Morgan fingerprint density at radius 3 is 1.70 bits per heavy atom. The number of aliphatic hydroxyl groups is 2. The quantitative estimate of drug-likeness (QED) is 0.568. The molecule has 1 aliphatic heterocycles. The summed E-state index contributed by atoms with van der Waals surface area (Å²) in [5, 5.41) is 20.7. The zero-order valence-corrected chi connectivity index (χ0v) is 18.2. The maximum absolute atomic E-state index is 10.5. The number of halogens is 1. The van der Waals surface area contributed by atoms with Crippen molar-refractivity contribution in [3.63, 3.8) is 0 Å². The molecule has 6 nitrogen and oxygen atoms in total. The topological polar surface area (TPSA) is 77.4 Å². The molecule has 2 N–H and O–H groups in total. The van der Waals surface area contributed by atoms with Crippen LogP contribution in [-0.2, 0) is 32.2 Å². The van der Waals surface area contributed by atoms with Crippen molar-refractivity contribution in [2.75, 3.05) is 13.2 Å². The van der Waals surface area contributed by atoms with Crippen molar-refractivity contribution in [2.24, 2.45) is 0 Å². The molecular weight excluding hydrogens is 452 g/mol. The maximum Gasteiger partial charge on any atom is 0.199 e. The van der Waals surface area contributed by atoms with Crippen LogP contribution in [0.15, 0.2) is 60.7 Å². The van der Waals surface area contributed by atoms with Crippen molar-refractivity contribution in [1.29, 1.82) is 0 Å². The molecule has 162 valence electrons. The van der Waals surface area contributed by atoms with Crippen LogP contribution < -0.4 is 0 Å². The first-order valence-corrected chi connectivity index (χ1v) is 11.1. The lowest BCUT2D eigenvalue weighted by Gasteiger charge is -2.27. The van der Waals surface area contributed by atoms with Crippen molar-refractivity contribution in [2.45, 2.75) is 54.7 Å². The molecule has 0 amide bonds. The van der Waals surface area contributed by atoms with Crippen LogP contribution in [0.2, 0.25) is 0 Å². The molecule has 2 aliphatic rings. The highest BCUT2D eigenvalue weighted by Crippen LogP contribution is 2.45. The van der Waals surface area contributed by atoms with Crippen molar-refractivity contribution in [3.05, 3.63) is 71.8 Å². The third-order valence-corrected chi connectivity index (χ3v) is 6.39. The number of alkyl halides is 1.